The van der Waals surface area contributed by atoms with Crippen molar-refractivity contribution in [3.8, 4) is 5.75 Å². The van der Waals surface area contributed by atoms with Crippen LogP contribution < -0.4 is 4.74 Å². The van der Waals surface area contributed by atoms with Gasteiger partial charge in [-0.25, -0.2) is 0 Å². The first kappa shape index (κ1) is 31.7. The average Bonchev–Trinajstić information content (AvgIpc) is 2.94. The van der Waals surface area contributed by atoms with Crippen LogP contribution in [0.1, 0.15) is 67.6 Å². The van der Waals surface area contributed by atoms with Gasteiger partial charge in [0.1, 0.15) is 18.1 Å². The lowest BCUT2D eigenvalue weighted by Crippen LogP contribution is -2.29. The Balaban J connectivity index is 1.56. The third kappa shape index (κ3) is 10.6. The number of Topliss-reactive ketones (excluding diaryl/α,β-unsaturated/α-hetero) is 1. The fraction of sp³-hybridized carbons (Fsp3) is 0.394. The third-order valence-electron chi connectivity index (χ3n) is 7.10. The molecular formula is C33H39Cl2NO4. The van der Waals surface area contributed by atoms with Gasteiger partial charge in [-0.15, -0.1) is 0 Å². The van der Waals surface area contributed by atoms with Crippen LogP contribution in [-0.2, 0) is 14.3 Å². The summed E-state index contributed by atoms with van der Waals surface area (Å²) in [6.07, 6.45) is 3.45. The summed E-state index contributed by atoms with van der Waals surface area (Å²) in [6, 6.07) is 24.0. The second-order valence-electron chi connectivity index (χ2n) is 10.3. The number of ketones is 1. The maximum absolute atomic E-state index is 12.0. The van der Waals surface area contributed by atoms with Crippen molar-refractivity contribution in [2.75, 3.05) is 33.9 Å². The molecule has 0 radical (unpaired) electrons. The van der Waals surface area contributed by atoms with E-state index in [2.05, 4.69) is 36.2 Å². The zero-order chi connectivity index (χ0) is 28.9. The Hall–Kier alpha value is -2.86. The van der Waals surface area contributed by atoms with E-state index in [1.54, 1.807) is 6.92 Å². The highest BCUT2D eigenvalue weighted by Crippen LogP contribution is 2.29. The van der Waals surface area contributed by atoms with Crippen LogP contribution in [0, 0.1) is 0 Å². The van der Waals surface area contributed by atoms with E-state index < -0.39 is 0 Å². The Bertz CT molecular complexity index is 1150. The maximum Gasteiger partial charge on any atom is 0.306 e. The van der Waals surface area contributed by atoms with Crippen molar-refractivity contribution in [1.82, 2.24) is 4.90 Å². The maximum atomic E-state index is 12.0. The van der Waals surface area contributed by atoms with Crippen molar-refractivity contribution >= 4 is 35.0 Å². The molecular weight excluding hydrogens is 545 g/mol. The highest BCUT2D eigenvalue weighted by molar-refractivity contribution is 6.30. The van der Waals surface area contributed by atoms with Gasteiger partial charge >= 0.3 is 5.97 Å². The fourth-order valence-corrected chi connectivity index (χ4v) is 5.04. The number of esters is 1. The predicted molar refractivity (Wildman–Crippen MR) is 163 cm³/mol. The number of ether oxygens (including phenoxy) is 2. The molecule has 5 nitrogen and oxygen atoms in total. The van der Waals surface area contributed by atoms with E-state index in [-0.39, 0.29) is 23.6 Å². The van der Waals surface area contributed by atoms with Gasteiger partial charge in [0.25, 0.3) is 0 Å². The largest absolute Gasteiger partial charge is 0.492 e. The van der Waals surface area contributed by atoms with E-state index in [4.69, 9.17) is 32.7 Å². The molecule has 0 aliphatic rings. The summed E-state index contributed by atoms with van der Waals surface area (Å²) in [4.78, 5) is 25.5. The number of rotatable bonds is 16. The first-order chi connectivity index (χ1) is 19.2. The van der Waals surface area contributed by atoms with Gasteiger partial charge < -0.3 is 19.2 Å². The number of halogens is 2. The van der Waals surface area contributed by atoms with E-state index in [1.807, 2.05) is 48.5 Å². The first-order valence-electron chi connectivity index (χ1n) is 13.7. The Morgan fingerprint density at radius 3 is 1.90 bits per heavy atom. The zero-order valence-electron chi connectivity index (χ0n) is 23.6. The molecule has 0 saturated heterocycles. The summed E-state index contributed by atoms with van der Waals surface area (Å²) in [5.41, 5.74) is 3.46. The molecule has 1 unspecified atom stereocenters. The molecule has 3 aromatic carbocycles. The Labute approximate surface area is 248 Å². The van der Waals surface area contributed by atoms with Crippen LogP contribution >= 0.6 is 23.2 Å². The van der Waals surface area contributed by atoms with Gasteiger partial charge in [0, 0.05) is 35.5 Å². The Morgan fingerprint density at radius 1 is 0.825 bits per heavy atom. The van der Waals surface area contributed by atoms with E-state index in [9.17, 15) is 9.59 Å². The topological polar surface area (TPSA) is 55.8 Å². The number of likely N-dealkylation sites (N-methyl/N-ethyl adjacent to an activating group) is 1. The molecule has 0 aliphatic heterocycles. The summed E-state index contributed by atoms with van der Waals surface area (Å²) in [5, 5.41) is 1.44. The minimum absolute atomic E-state index is 0.0530. The van der Waals surface area contributed by atoms with E-state index in [1.165, 1.54) is 18.2 Å². The van der Waals surface area contributed by atoms with Gasteiger partial charge in [-0.3, -0.25) is 4.79 Å². The molecule has 0 amide bonds. The van der Waals surface area contributed by atoms with Gasteiger partial charge in [0.2, 0.25) is 0 Å². The lowest BCUT2D eigenvalue weighted by molar-refractivity contribution is -0.141. The molecule has 7 heteroatoms. The second-order valence-corrected chi connectivity index (χ2v) is 11.1. The quantitative estimate of drug-likeness (QED) is 0.126. The lowest BCUT2D eigenvalue weighted by Gasteiger charge is -2.25. The molecule has 0 heterocycles. The highest BCUT2D eigenvalue weighted by atomic mass is 35.5. The standard InChI is InChI=1S/C33H39Cl2NO4/c1-24(37)6-4-5-7-28(22-33(38)39-3)25-12-18-31(19-13-25)40-21-20-36(2)23-32(26-8-14-29(34)15-9-26)27-10-16-30(35)17-11-27/h8-19,28,32H,4-7,20-23H2,1-3H3. The second kappa shape index (κ2) is 16.4. The van der Waals surface area contributed by atoms with Crippen LogP contribution in [0.5, 0.6) is 5.75 Å². The van der Waals surface area contributed by atoms with Crippen molar-refractivity contribution in [2.24, 2.45) is 0 Å². The molecule has 0 bridgehead atoms. The van der Waals surface area contributed by atoms with Crippen molar-refractivity contribution in [1.29, 1.82) is 0 Å². The molecule has 0 spiro atoms. The number of unbranched alkanes of at least 4 members (excludes halogenated alkanes) is 1. The third-order valence-corrected chi connectivity index (χ3v) is 7.61. The van der Waals surface area contributed by atoms with Crippen molar-refractivity contribution < 1.29 is 19.1 Å². The van der Waals surface area contributed by atoms with Crippen LogP contribution in [0.4, 0.5) is 0 Å². The fourth-order valence-electron chi connectivity index (χ4n) is 4.79. The predicted octanol–water partition coefficient (Wildman–Crippen LogP) is 7.93. The molecule has 3 aromatic rings. The molecule has 0 aromatic heterocycles. The number of nitrogens with zero attached hydrogens (tertiary/aromatic N) is 1. The van der Waals surface area contributed by atoms with Gasteiger partial charge in [0.05, 0.1) is 13.5 Å². The van der Waals surface area contributed by atoms with Crippen molar-refractivity contribution in [2.45, 2.75) is 50.9 Å². The molecule has 40 heavy (non-hydrogen) atoms. The monoisotopic (exact) mass is 583 g/mol. The summed E-state index contributed by atoms with van der Waals surface area (Å²) in [7, 11) is 3.51. The molecule has 1 atom stereocenters. The molecule has 3 rings (SSSR count). The van der Waals surface area contributed by atoms with Crippen LogP contribution in [0.2, 0.25) is 10.0 Å². The van der Waals surface area contributed by atoms with Crippen LogP contribution in [-0.4, -0.2) is 50.5 Å². The average molecular weight is 585 g/mol. The lowest BCUT2D eigenvalue weighted by atomic mass is 9.90. The summed E-state index contributed by atoms with van der Waals surface area (Å²) >= 11 is 12.3. The number of carbonyl (C=O) groups is 2. The zero-order valence-corrected chi connectivity index (χ0v) is 25.1. The minimum atomic E-state index is -0.226. The number of hydrogen-bond acceptors (Lipinski definition) is 5. The Kier molecular flexibility index (Phi) is 13.0. The number of benzene rings is 3. The van der Waals surface area contributed by atoms with Gasteiger partial charge in [0.15, 0.2) is 0 Å². The normalized spacial score (nSPS) is 12.0. The number of carbonyl (C=O) groups excluding carboxylic acids is 2. The van der Waals surface area contributed by atoms with E-state index >= 15 is 0 Å². The number of hydrogen-bond donors (Lipinski definition) is 0. The summed E-state index contributed by atoms with van der Waals surface area (Å²) in [6.45, 7) is 3.71. The minimum Gasteiger partial charge on any atom is -0.492 e. The smallest absolute Gasteiger partial charge is 0.306 e. The molecule has 0 aliphatic carbocycles. The Morgan fingerprint density at radius 2 is 1.38 bits per heavy atom. The van der Waals surface area contributed by atoms with E-state index in [0.29, 0.717) is 19.4 Å². The van der Waals surface area contributed by atoms with E-state index in [0.717, 1.165) is 53.7 Å². The first-order valence-corrected chi connectivity index (χ1v) is 14.5. The molecule has 0 N–H and O–H groups in total. The van der Waals surface area contributed by atoms with Gasteiger partial charge in [-0.2, -0.15) is 0 Å². The van der Waals surface area contributed by atoms with Gasteiger partial charge in [-0.1, -0.05) is 66.0 Å². The molecule has 0 fully saturated rings. The van der Waals surface area contributed by atoms with Crippen LogP contribution in [0.25, 0.3) is 0 Å². The van der Waals surface area contributed by atoms with Gasteiger partial charge in [-0.05, 0) is 85.8 Å². The molecule has 214 valence electrons. The van der Waals surface area contributed by atoms with Crippen molar-refractivity contribution in [3.63, 3.8) is 0 Å². The van der Waals surface area contributed by atoms with Crippen LogP contribution in [0.3, 0.4) is 0 Å². The highest BCUT2D eigenvalue weighted by Gasteiger charge is 2.18. The SMILES string of the molecule is COC(=O)CC(CCCCC(C)=O)c1ccc(OCCN(C)CC(c2ccc(Cl)cc2)c2ccc(Cl)cc2)cc1. The molecule has 0 saturated carbocycles. The van der Waals surface area contributed by atoms with Crippen molar-refractivity contribution in [3.05, 3.63) is 99.5 Å². The summed E-state index contributed by atoms with van der Waals surface area (Å²) < 4.78 is 11.0. The number of methoxy groups -OCH3 is 1. The van der Waals surface area contributed by atoms with Crippen LogP contribution in [0.15, 0.2) is 72.8 Å². The summed E-state index contributed by atoms with van der Waals surface area (Å²) in [5.74, 6) is 0.980.